The van der Waals surface area contributed by atoms with Crippen LogP contribution in [0.5, 0.6) is 0 Å². The molecular weight excluding hydrogens is 294 g/mol. The molecule has 0 aliphatic carbocycles. The van der Waals surface area contributed by atoms with E-state index in [0.29, 0.717) is 23.0 Å². The van der Waals surface area contributed by atoms with Crippen molar-refractivity contribution in [3.8, 4) is 11.3 Å². The first-order chi connectivity index (χ1) is 10.1. The number of aryl methyl sites for hydroxylation is 1. The van der Waals surface area contributed by atoms with Crippen LogP contribution in [0.3, 0.4) is 0 Å². The number of nitrogens with zero attached hydrogens (tertiary/aromatic N) is 5. The molecule has 0 atom stereocenters. The molecule has 3 N–H and O–H groups in total. The smallest absolute Gasteiger partial charge is 0.224 e. The number of aromatic nitrogens is 6. The molecule has 0 aliphatic rings. The van der Waals surface area contributed by atoms with Crippen molar-refractivity contribution in [1.29, 1.82) is 0 Å². The van der Waals surface area contributed by atoms with E-state index in [1.54, 1.807) is 23.0 Å². The van der Waals surface area contributed by atoms with Gasteiger partial charge in [0.1, 0.15) is 5.82 Å². The average Bonchev–Trinajstić information content (AvgIpc) is 3.07. The number of aliphatic hydroxyl groups excluding tert-OH is 1. The van der Waals surface area contributed by atoms with Crippen molar-refractivity contribution < 1.29 is 5.11 Å². The molecule has 0 radical (unpaired) electrons. The molecule has 0 aliphatic heterocycles. The van der Waals surface area contributed by atoms with Crippen LogP contribution in [0, 0.1) is 0 Å². The molecule has 108 valence electrons. The summed E-state index contributed by atoms with van der Waals surface area (Å²) in [6.07, 6.45) is 3.53. The number of halogens is 1. The number of H-pyrrole nitrogens is 1. The van der Waals surface area contributed by atoms with Crippen molar-refractivity contribution in [3.05, 3.63) is 35.5 Å². The molecule has 0 unspecified atom stereocenters. The van der Waals surface area contributed by atoms with Gasteiger partial charge in [0.05, 0.1) is 24.2 Å². The molecule has 0 bridgehead atoms. The first kappa shape index (κ1) is 13.5. The summed E-state index contributed by atoms with van der Waals surface area (Å²) in [7, 11) is 1.83. The number of hydrogen-bond acceptors (Lipinski definition) is 6. The summed E-state index contributed by atoms with van der Waals surface area (Å²) in [5.41, 5.74) is 2.09. The lowest BCUT2D eigenvalue weighted by Gasteiger charge is -2.04. The molecule has 0 spiro atoms. The van der Waals surface area contributed by atoms with E-state index in [9.17, 15) is 0 Å². The molecule has 3 aromatic heterocycles. The topological polar surface area (TPSA) is 105 Å². The normalized spacial score (nSPS) is 10.8. The van der Waals surface area contributed by atoms with Gasteiger partial charge in [-0.05, 0) is 11.6 Å². The third kappa shape index (κ3) is 3.01. The molecule has 9 heteroatoms. The van der Waals surface area contributed by atoms with Gasteiger partial charge in [0.15, 0.2) is 5.82 Å². The minimum atomic E-state index is -0.111. The highest BCUT2D eigenvalue weighted by atomic mass is 35.5. The zero-order chi connectivity index (χ0) is 14.8. The predicted molar refractivity (Wildman–Crippen MR) is 77.0 cm³/mol. The maximum atomic E-state index is 9.00. The van der Waals surface area contributed by atoms with Crippen LogP contribution in [-0.4, -0.2) is 35.1 Å². The molecule has 0 amide bonds. The van der Waals surface area contributed by atoms with E-state index in [1.165, 1.54) is 0 Å². The van der Waals surface area contributed by atoms with Crippen LogP contribution >= 0.6 is 11.6 Å². The Labute approximate surface area is 124 Å². The SMILES string of the molecule is Cn1cc(-c2cc(Nc3cc(CO)[nH]n3)nc(Cl)n2)cn1. The minimum absolute atomic E-state index is 0.111. The zero-order valence-corrected chi connectivity index (χ0v) is 11.8. The van der Waals surface area contributed by atoms with Crippen LogP contribution in [0.25, 0.3) is 11.3 Å². The molecule has 3 rings (SSSR count). The Morgan fingerprint density at radius 1 is 1.33 bits per heavy atom. The van der Waals surface area contributed by atoms with Gasteiger partial charge in [0.25, 0.3) is 0 Å². The molecule has 0 saturated carbocycles. The van der Waals surface area contributed by atoms with Crippen molar-refractivity contribution in [1.82, 2.24) is 29.9 Å². The van der Waals surface area contributed by atoms with Gasteiger partial charge < -0.3 is 10.4 Å². The van der Waals surface area contributed by atoms with Crippen LogP contribution in [0.4, 0.5) is 11.6 Å². The number of aliphatic hydroxyl groups is 1. The Morgan fingerprint density at radius 3 is 2.86 bits per heavy atom. The summed E-state index contributed by atoms with van der Waals surface area (Å²) < 4.78 is 1.68. The molecule has 0 saturated heterocycles. The van der Waals surface area contributed by atoms with Crippen LogP contribution in [0.15, 0.2) is 24.5 Å². The van der Waals surface area contributed by atoms with Gasteiger partial charge in [0, 0.05) is 30.9 Å². The molecular formula is C12H12ClN7O. The zero-order valence-electron chi connectivity index (χ0n) is 11.1. The monoisotopic (exact) mass is 305 g/mol. The fraction of sp³-hybridized carbons (Fsp3) is 0.167. The first-order valence-corrected chi connectivity index (χ1v) is 6.47. The van der Waals surface area contributed by atoms with Gasteiger partial charge in [-0.15, -0.1) is 0 Å². The van der Waals surface area contributed by atoms with E-state index in [2.05, 4.69) is 30.6 Å². The number of nitrogens with one attached hydrogen (secondary N) is 2. The van der Waals surface area contributed by atoms with Gasteiger partial charge in [-0.2, -0.15) is 10.2 Å². The van der Waals surface area contributed by atoms with E-state index in [1.807, 2.05) is 13.2 Å². The van der Waals surface area contributed by atoms with E-state index in [-0.39, 0.29) is 11.9 Å². The Hall–Kier alpha value is -2.45. The van der Waals surface area contributed by atoms with Crippen molar-refractivity contribution >= 4 is 23.2 Å². The van der Waals surface area contributed by atoms with E-state index in [4.69, 9.17) is 16.7 Å². The average molecular weight is 306 g/mol. The Balaban J connectivity index is 1.90. The lowest BCUT2D eigenvalue weighted by atomic mass is 10.2. The van der Waals surface area contributed by atoms with Crippen molar-refractivity contribution in [3.63, 3.8) is 0 Å². The summed E-state index contributed by atoms with van der Waals surface area (Å²) in [4.78, 5) is 8.27. The Morgan fingerprint density at radius 2 is 2.19 bits per heavy atom. The van der Waals surface area contributed by atoms with Gasteiger partial charge in [0.2, 0.25) is 5.28 Å². The van der Waals surface area contributed by atoms with E-state index in [0.717, 1.165) is 5.56 Å². The van der Waals surface area contributed by atoms with E-state index >= 15 is 0 Å². The quantitative estimate of drug-likeness (QED) is 0.631. The number of aromatic amines is 1. The van der Waals surface area contributed by atoms with Crippen molar-refractivity contribution in [2.45, 2.75) is 6.61 Å². The van der Waals surface area contributed by atoms with E-state index < -0.39 is 0 Å². The highest BCUT2D eigenvalue weighted by Gasteiger charge is 2.08. The predicted octanol–water partition coefficient (Wildman–Crippen LogP) is 1.49. The van der Waals surface area contributed by atoms with Gasteiger partial charge >= 0.3 is 0 Å². The fourth-order valence-electron chi connectivity index (χ4n) is 1.82. The molecule has 3 aromatic rings. The molecule has 0 aromatic carbocycles. The third-order valence-electron chi connectivity index (χ3n) is 2.76. The first-order valence-electron chi connectivity index (χ1n) is 6.10. The molecule has 21 heavy (non-hydrogen) atoms. The maximum absolute atomic E-state index is 9.00. The fourth-order valence-corrected chi connectivity index (χ4v) is 2.00. The second-order valence-electron chi connectivity index (χ2n) is 4.37. The summed E-state index contributed by atoms with van der Waals surface area (Å²) >= 11 is 5.95. The van der Waals surface area contributed by atoms with Crippen molar-refractivity contribution in [2.24, 2.45) is 7.05 Å². The second-order valence-corrected chi connectivity index (χ2v) is 4.71. The van der Waals surface area contributed by atoms with Crippen LogP contribution in [-0.2, 0) is 13.7 Å². The standard InChI is InChI=1S/C12H12ClN7O/c1-20-5-7(4-14-20)9-3-10(17-12(13)15-9)16-11-2-8(6-21)18-19-11/h2-5,21H,6H2,1H3,(H2,15,16,17,18,19). The van der Waals surface area contributed by atoms with Gasteiger partial charge in [-0.25, -0.2) is 9.97 Å². The summed E-state index contributed by atoms with van der Waals surface area (Å²) in [5.74, 6) is 1.04. The number of hydrogen-bond donors (Lipinski definition) is 3. The van der Waals surface area contributed by atoms with Crippen molar-refractivity contribution in [2.75, 3.05) is 5.32 Å². The van der Waals surface area contributed by atoms with Crippen LogP contribution in [0.1, 0.15) is 5.69 Å². The Kier molecular flexibility index (Phi) is 3.55. The highest BCUT2D eigenvalue weighted by molar-refractivity contribution is 6.28. The largest absolute Gasteiger partial charge is 0.390 e. The minimum Gasteiger partial charge on any atom is -0.390 e. The maximum Gasteiger partial charge on any atom is 0.224 e. The van der Waals surface area contributed by atoms with Gasteiger partial charge in [-0.1, -0.05) is 0 Å². The van der Waals surface area contributed by atoms with Crippen LogP contribution in [0.2, 0.25) is 5.28 Å². The molecule has 0 fully saturated rings. The molecule has 8 nitrogen and oxygen atoms in total. The second kappa shape index (κ2) is 5.51. The number of anilines is 2. The lowest BCUT2D eigenvalue weighted by molar-refractivity contribution is 0.276. The Bertz CT molecular complexity index is 767. The summed E-state index contributed by atoms with van der Waals surface area (Å²) in [6, 6.07) is 3.43. The highest BCUT2D eigenvalue weighted by Crippen LogP contribution is 2.22. The summed E-state index contributed by atoms with van der Waals surface area (Å²) in [6.45, 7) is -0.111. The third-order valence-corrected chi connectivity index (χ3v) is 2.93. The molecule has 3 heterocycles. The summed E-state index contributed by atoms with van der Waals surface area (Å²) in [5, 5.41) is 22.9. The lowest BCUT2D eigenvalue weighted by Crippen LogP contribution is -1.97. The number of rotatable bonds is 4. The van der Waals surface area contributed by atoms with Gasteiger partial charge in [-0.3, -0.25) is 9.78 Å². The van der Waals surface area contributed by atoms with Crippen LogP contribution < -0.4 is 5.32 Å².